The number of nitrogens with one attached hydrogen (secondary N) is 1. The molecule has 12 heavy (non-hydrogen) atoms. The number of rotatable bonds is 2. The number of aliphatic hydroxyl groups excluding tert-OH is 1. The van der Waals surface area contributed by atoms with E-state index in [2.05, 4.69) is 10.3 Å². The maximum Gasteiger partial charge on any atom is 0.112 e. The van der Waals surface area contributed by atoms with Crippen LogP contribution in [0.5, 0.6) is 0 Å². The Labute approximate surface area is 75.5 Å². The summed E-state index contributed by atoms with van der Waals surface area (Å²) in [6.45, 7) is 1.02. The van der Waals surface area contributed by atoms with Crippen molar-refractivity contribution in [1.29, 1.82) is 0 Å². The second-order valence-corrected chi connectivity index (χ2v) is 3.78. The molecule has 0 aromatic carbocycles. The van der Waals surface area contributed by atoms with E-state index in [0.717, 1.165) is 25.1 Å². The highest BCUT2D eigenvalue weighted by Crippen LogP contribution is 2.22. The molecule has 2 atom stereocenters. The topological polar surface area (TPSA) is 45.2 Å². The molecular weight excluding hydrogens is 172 g/mol. The van der Waals surface area contributed by atoms with Crippen molar-refractivity contribution in [2.45, 2.75) is 25.0 Å². The zero-order valence-corrected chi connectivity index (χ0v) is 7.55. The molecule has 4 heteroatoms. The molecule has 2 N–H and O–H groups in total. The summed E-state index contributed by atoms with van der Waals surface area (Å²) >= 11 is 1.53. The molecule has 0 aliphatic carbocycles. The lowest BCUT2D eigenvalue weighted by Gasteiger charge is -2.15. The first kappa shape index (κ1) is 8.16. The molecule has 0 radical (unpaired) electrons. The van der Waals surface area contributed by atoms with E-state index < -0.39 is 6.10 Å². The zero-order chi connectivity index (χ0) is 8.39. The van der Waals surface area contributed by atoms with Crippen LogP contribution in [0.4, 0.5) is 0 Å². The fourth-order valence-corrected chi connectivity index (χ4v) is 2.14. The Bertz CT molecular complexity index is 231. The number of nitrogens with zero attached hydrogens (tertiary/aromatic N) is 1. The lowest BCUT2D eigenvalue weighted by atomic mass is 10.1. The van der Waals surface area contributed by atoms with Gasteiger partial charge in [-0.25, -0.2) is 4.98 Å². The Morgan fingerprint density at radius 2 is 2.67 bits per heavy atom. The molecule has 1 saturated heterocycles. The van der Waals surface area contributed by atoms with E-state index in [4.69, 9.17) is 0 Å². The standard InChI is InChI=1S/C8H12N2OS/c11-8(6-2-1-3-9-6)7-4-12-5-10-7/h4-6,8-9,11H,1-3H2. The largest absolute Gasteiger partial charge is 0.385 e. The van der Waals surface area contributed by atoms with E-state index >= 15 is 0 Å². The highest BCUT2D eigenvalue weighted by molar-refractivity contribution is 7.07. The van der Waals surface area contributed by atoms with Gasteiger partial charge in [0.05, 0.1) is 11.2 Å². The average Bonchev–Trinajstić information content (AvgIpc) is 2.77. The molecule has 1 aliphatic rings. The summed E-state index contributed by atoms with van der Waals surface area (Å²) in [6.07, 6.45) is 1.80. The number of hydrogen-bond donors (Lipinski definition) is 2. The Hall–Kier alpha value is -0.450. The first-order chi connectivity index (χ1) is 5.88. The Balaban J connectivity index is 2.04. The molecule has 2 heterocycles. The van der Waals surface area contributed by atoms with Gasteiger partial charge in [-0.2, -0.15) is 0 Å². The molecule has 0 spiro atoms. The molecule has 3 nitrogen and oxygen atoms in total. The average molecular weight is 184 g/mol. The summed E-state index contributed by atoms with van der Waals surface area (Å²) in [4.78, 5) is 4.09. The van der Waals surface area contributed by atoms with E-state index in [0.29, 0.717) is 0 Å². The smallest absolute Gasteiger partial charge is 0.112 e. The molecule has 66 valence electrons. The molecule has 0 saturated carbocycles. The van der Waals surface area contributed by atoms with E-state index in [9.17, 15) is 5.11 Å². The van der Waals surface area contributed by atoms with Crippen molar-refractivity contribution in [2.75, 3.05) is 6.54 Å². The van der Waals surface area contributed by atoms with Gasteiger partial charge in [0.1, 0.15) is 6.10 Å². The SMILES string of the molecule is OC(c1cscn1)C1CCCN1. The first-order valence-electron chi connectivity index (χ1n) is 4.17. The lowest BCUT2D eigenvalue weighted by Crippen LogP contribution is -2.28. The van der Waals surface area contributed by atoms with Gasteiger partial charge in [-0.3, -0.25) is 0 Å². The van der Waals surface area contributed by atoms with Crippen LogP contribution in [0.2, 0.25) is 0 Å². The third kappa shape index (κ3) is 1.50. The summed E-state index contributed by atoms with van der Waals surface area (Å²) in [6, 6.07) is 0.215. The van der Waals surface area contributed by atoms with Gasteiger partial charge in [-0.1, -0.05) is 0 Å². The highest BCUT2D eigenvalue weighted by atomic mass is 32.1. The summed E-state index contributed by atoms with van der Waals surface area (Å²) < 4.78 is 0. The minimum atomic E-state index is -0.418. The van der Waals surface area contributed by atoms with Gasteiger partial charge in [-0.05, 0) is 19.4 Å². The number of thiazole rings is 1. The Morgan fingerprint density at radius 3 is 3.25 bits per heavy atom. The van der Waals surface area contributed by atoms with Crippen LogP contribution in [0.25, 0.3) is 0 Å². The Kier molecular flexibility index (Phi) is 2.39. The highest BCUT2D eigenvalue weighted by Gasteiger charge is 2.24. The van der Waals surface area contributed by atoms with Crippen molar-refractivity contribution >= 4 is 11.3 Å². The molecule has 1 aromatic heterocycles. The van der Waals surface area contributed by atoms with Crippen molar-refractivity contribution in [1.82, 2.24) is 10.3 Å². The zero-order valence-electron chi connectivity index (χ0n) is 6.73. The maximum absolute atomic E-state index is 9.79. The molecule has 1 fully saturated rings. The van der Waals surface area contributed by atoms with Gasteiger partial charge in [0.15, 0.2) is 0 Å². The van der Waals surface area contributed by atoms with Gasteiger partial charge in [0, 0.05) is 11.4 Å². The maximum atomic E-state index is 9.79. The Morgan fingerprint density at radius 1 is 1.75 bits per heavy atom. The van der Waals surface area contributed by atoms with Crippen molar-refractivity contribution in [2.24, 2.45) is 0 Å². The monoisotopic (exact) mass is 184 g/mol. The van der Waals surface area contributed by atoms with Gasteiger partial charge >= 0.3 is 0 Å². The van der Waals surface area contributed by atoms with E-state index in [-0.39, 0.29) is 6.04 Å². The second-order valence-electron chi connectivity index (χ2n) is 3.06. The van der Waals surface area contributed by atoms with Crippen LogP contribution < -0.4 is 5.32 Å². The molecule has 0 bridgehead atoms. The minimum absolute atomic E-state index is 0.215. The van der Waals surface area contributed by atoms with Crippen LogP contribution >= 0.6 is 11.3 Å². The number of hydrogen-bond acceptors (Lipinski definition) is 4. The second kappa shape index (κ2) is 3.51. The van der Waals surface area contributed by atoms with Crippen molar-refractivity contribution in [3.05, 3.63) is 16.6 Å². The summed E-state index contributed by atoms with van der Waals surface area (Å²) in [5.74, 6) is 0. The van der Waals surface area contributed by atoms with Crippen LogP contribution in [-0.2, 0) is 0 Å². The summed E-state index contributed by atoms with van der Waals surface area (Å²) in [5.41, 5.74) is 2.56. The fraction of sp³-hybridized carbons (Fsp3) is 0.625. The number of aliphatic hydroxyl groups is 1. The molecule has 0 amide bonds. The van der Waals surface area contributed by atoms with Crippen LogP contribution in [0.15, 0.2) is 10.9 Å². The fourth-order valence-electron chi connectivity index (χ4n) is 1.56. The van der Waals surface area contributed by atoms with Gasteiger partial charge in [0.2, 0.25) is 0 Å². The molecule has 2 rings (SSSR count). The van der Waals surface area contributed by atoms with Gasteiger partial charge in [0.25, 0.3) is 0 Å². The van der Waals surface area contributed by atoms with E-state index in [1.165, 1.54) is 11.3 Å². The van der Waals surface area contributed by atoms with Crippen molar-refractivity contribution in [3.8, 4) is 0 Å². The molecular formula is C8H12N2OS. The van der Waals surface area contributed by atoms with Crippen LogP contribution in [0, 0.1) is 0 Å². The predicted octanol–water partition coefficient (Wildman–Crippen LogP) is 0.929. The molecule has 1 aliphatic heterocycles. The van der Waals surface area contributed by atoms with Crippen molar-refractivity contribution in [3.63, 3.8) is 0 Å². The third-order valence-corrected chi connectivity index (χ3v) is 2.84. The predicted molar refractivity (Wildman–Crippen MR) is 48.1 cm³/mol. The summed E-state index contributed by atoms with van der Waals surface area (Å²) in [5, 5.41) is 15.0. The number of aromatic nitrogens is 1. The van der Waals surface area contributed by atoms with Gasteiger partial charge in [-0.15, -0.1) is 11.3 Å². The molecule has 1 aromatic rings. The lowest BCUT2D eigenvalue weighted by molar-refractivity contribution is 0.134. The first-order valence-corrected chi connectivity index (χ1v) is 5.12. The molecule has 2 unspecified atom stereocenters. The normalized spacial score (nSPS) is 25.9. The van der Waals surface area contributed by atoms with Crippen LogP contribution in [0.3, 0.4) is 0 Å². The van der Waals surface area contributed by atoms with Crippen molar-refractivity contribution < 1.29 is 5.11 Å². The van der Waals surface area contributed by atoms with Crippen LogP contribution in [-0.4, -0.2) is 22.7 Å². The quantitative estimate of drug-likeness (QED) is 0.718. The summed E-state index contributed by atoms with van der Waals surface area (Å²) in [7, 11) is 0. The van der Waals surface area contributed by atoms with Gasteiger partial charge < -0.3 is 10.4 Å². The third-order valence-electron chi connectivity index (χ3n) is 2.23. The van der Waals surface area contributed by atoms with E-state index in [1.807, 2.05) is 5.38 Å². The van der Waals surface area contributed by atoms with Crippen LogP contribution in [0.1, 0.15) is 24.6 Å². The minimum Gasteiger partial charge on any atom is -0.385 e. The van der Waals surface area contributed by atoms with E-state index in [1.54, 1.807) is 5.51 Å².